The molecule has 0 spiro atoms. The van der Waals surface area contributed by atoms with Crippen LogP contribution in [0.5, 0.6) is 0 Å². The first kappa shape index (κ1) is 20.9. The second kappa shape index (κ2) is 7.27. The van der Waals surface area contributed by atoms with E-state index in [1.165, 1.54) is 47.0 Å². The number of pyridine rings is 1. The van der Waals surface area contributed by atoms with E-state index in [2.05, 4.69) is 25.1 Å². The summed E-state index contributed by atoms with van der Waals surface area (Å²) in [7, 11) is 0. The number of benzene rings is 1. The number of halogens is 5. The van der Waals surface area contributed by atoms with E-state index in [-0.39, 0.29) is 46.1 Å². The van der Waals surface area contributed by atoms with E-state index in [0.717, 1.165) is 6.39 Å². The van der Waals surface area contributed by atoms with Gasteiger partial charge in [0.25, 0.3) is 5.89 Å². The highest BCUT2D eigenvalue weighted by molar-refractivity contribution is 5.92. The van der Waals surface area contributed by atoms with E-state index >= 15 is 0 Å². The van der Waals surface area contributed by atoms with Crippen molar-refractivity contribution in [3.05, 3.63) is 60.4 Å². The van der Waals surface area contributed by atoms with Crippen LogP contribution in [-0.2, 0) is 12.5 Å². The number of hydrogen-bond donors (Lipinski definition) is 1. The molecular formula is C20H11F5N6O2. The molecule has 0 aliphatic carbocycles. The Morgan fingerprint density at radius 3 is 2.33 bits per heavy atom. The molecule has 0 saturated carbocycles. The van der Waals surface area contributed by atoms with Crippen molar-refractivity contribution in [1.82, 2.24) is 29.5 Å². The Kier molecular flexibility index (Phi) is 4.60. The molecule has 0 unspecified atom stereocenters. The number of fused-ring (bicyclic) bond motifs is 3. The Balaban J connectivity index is 1.83. The molecule has 33 heavy (non-hydrogen) atoms. The fourth-order valence-electron chi connectivity index (χ4n) is 3.28. The van der Waals surface area contributed by atoms with E-state index in [4.69, 9.17) is 4.42 Å². The number of hydrogen-bond acceptors (Lipinski definition) is 7. The topological polar surface area (TPSA) is 102 Å². The largest absolute Gasteiger partial charge is 0.461 e. The number of rotatable bonds is 4. The van der Waals surface area contributed by atoms with Crippen molar-refractivity contribution < 1.29 is 31.5 Å². The lowest BCUT2D eigenvalue weighted by atomic mass is 10.1. The Bertz CT molecular complexity index is 1460. The third-order valence-electron chi connectivity index (χ3n) is 4.91. The van der Waals surface area contributed by atoms with Crippen LogP contribution in [0.25, 0.3) is 39.5 Å². The summed E-state index contributed by atoms with van der Waals surface area (Å²) in [5.74, 6) is -6.98. The highest BCUT2D eigenvalue weighted by atomic mass is 19.4. The molecule has 0 bridgehead atoms. The van der Waals surface area contributed by atoms with E-state index in [0.29, 0.717) is 5.56 Å². The minimum absolute atomic E-state index is 0.0292. The molecule has 1 aromatic carbocycles. The second-order valence-electron chi connectivity index (χ2n) is 6.99. The monoisotopic (exact) mass is 462 g/mol. The zero-order valence-corrected chi connectivity index (χ0v) is 16.3. The van der Waals surface area contributed by atoms with Crippen molar-refractivity contribution in [2.24, 2.45) is 0 Å². The number of imidazole rings is 1. The lowest BCUT2D eigenvalue weighted by molar-refractivity contribution is -0.292. The van der Waals surface area contributed by atoms with Gasteiger partial charge in [-0.25, -0.2) is 15.0 Å². The first-order valence-electron chi connectivity index (χ1n) is 9.30. The molecule has 5 rings (SSSR count). The first-order valence-corrected chi connectivity index (χ1v) is 9.30. The fourth-order valence-corrected chi connectivity index (χ4v) is 3.28. The van der Waals surface area contributed by atoms with Crippen LogP contribution >= 0.6 is 0 Å². The van der Waals surface area contributed by atoms with Gasteiger partial charge in [-0.05, 0) is 17.7 Å². The van der Waals surface area contributed by atoms with Crippen molar-refractivity contribution >= 4 is 16.7 Å². The summed E-state index contributed by atoms with van der Waals surface area (Å²) in [5, 5.41) is 16.7. The SMILES string of the molecule is OCc1ccc(-c2nc(C(F)(F)C(F)(F)F)nc3c2ccc2nc(-c4nnco4)cn23)cc1. The van der Waals surface area contributed by atoms with Gasteiger partial charge in [0.1, 0.15) is 17.0 Å². The van der Waals surface area contributed by atoms with E-state index in [1.54, 1.807) is 0 Å². The molecule has 0 atom stereocenters. The zero-order valence-electron chi connectivity index (χ0n) is 16.3. The van der Waals surface area contributed by atoms with Gasteiger partial charge in [0, 0.05) is 17.1 Å². The number of aliphatic hydroxyl groups is 1. The molecule has 4 aromatic heterocycles. The molecule has 8 nitrogen and oxygen atoms in total. The molecule has 0 aliphatic rings. The van der Waals surface area contributed by atoms with Gasteiger partial charge in [0.2, 0.25) is 12.2 Å². The summed E-state index contributed by atoms with van der Waals surface area (Å²) in [5.41, 5.74) is 0.808. The Morgan fingerprint density at radius 1 is 0.939 bits per heavy atom. The van der Waals surface area contributed by atoms with Crippen LogP contribution in [0.4, 0.5) is 22.0 Å². The van der Waals surface area contributed by atoms with Gasteiger partial charge in [-0.2, -0.15) is 22.0 Å². The average Bonchev–Trinajstić information content (AvgIpc) is 3.47. The van der Waals surface area contributed by atoms with E-state index in [1.807, 2.05) is 0 Å². The number of alkyl halides is 5. The molecule has 1 N–H and O–H groups in total. The number of aromatic nitrogens is 6. The molecule has 5 aromatic rings. The molecule has 0 aliphatic heterocycles. The van der Waals surface area contributed by atoms with Gasteiger partial charge >= 0.3 is 12.1 Å². The summed E-state index contributed by atoms with van der Waals surface area (Å²) in [4.78, 5) is 11.4. The zero-order chi connectivity index (χ0) is 23.4. The van der Waals surface area contributed by atoms with E-state index < -0.39 is 17.9 Å². The minimum atomic E-state index is -5.91. The van der Waals surface area contributed by atoms with Gasteiger partial charge in [-0.3, -0.25) is 4.40 Å². The highest BCUT2D eigenvalue weighted by Crippen LogP contribution is 2.43. The molecule has 0 saturated heterocycles. The molecule has 0 amide bonds. The van der Waals surface area contributed by atoms with Crippen molar-refractivity contribution in [1.29, 1.82) is 0 Å². The Morgan fingerprint density at radius 2 is 1.70 bits per heavy atom. The normalized spacial score (nSPS) is 12.7. The van der Waals surface area contributed by atoms with Crippen molar-refractivity contribution in [2.75, 3.05) is 0 Å². The van der Waals surface area contributed by atoms with Gasteiger partial charge in [-0.1, -0.05) is 24.3 Å². The minimum Gasteiger partial charge on any atom is -0.422 e. The standard InChI is InChI=1S/C20H11F5N6O2/c21-19(22,20(23,24)25)18-28-15(11-3-1-10(8-32)2-4-11)12-5-6-14-27-13(17-30-26-9-33-17)7-31(14)16(12)29-18/h1-7,9,32H,8H2. The number of nitrogens with zero attached hydrogens (tertiary/aromatic N) is 6. The molecule has 13 heteroatoms. The smallest absolute Gasteiger partial charge is 0.422 e. The van der Waals surface area contributed by atoms with Crippen LogP contribution in [0.2, 0.25) is 0 Å². The predicted octanol–water partition coefficient (Wildman–Crippen LogP) is 4.14. The maximum Gasteiger partial charge on any atom is 0.461 e. The van der Waals surface area contributed by atoms with Gasteiger partial charge in [0.15, 0.2) is 0 Å². The Hall–Kier alpha value is -4.00. The summed E-state index contributed by atoms with van der Waals surface area (Å²) in [6, 6.07) is 8.94. The molecular weight excluding hydrogens is 451 g/mol. The van der Waals surface area contributed by atoms with Crippen LogP contribution in [0.1, 0.15) is 11.4 Å². The number of aliphatic hydroxyl groups excluding tert-OH is 1. The first-order chi connectivity index (χ1) is 15.7. The van der Waals surface area contributed by atoms with Crippen LogP contribution in [0.15, 0.2) is 53.4 Å². The van der Waals surface area contributed by atoms with Crippen molar-refractivity contribution in [3.63, 3.8) is 0 Å². The van der Waals surface area contributed by atoms with Crippen LogP contribution in [0, 0.1) is 0 Å². The Labute approximate surface area is 180 Å². The van der Waals surface area contributed by atoms with Crippen molar-refractivity contribution in [3.8, 4) is 22.8 Å². The summed E-state index contributed by atoms with van der Waals surface area (Å²) < 4.78 is 74.4. The van der Waals surface area contributed by atoms with Gasteiger partial charge < -0.3 is 9.52 Å². The molecule has 0 fully saturated rings. The maximum absolute atomic E-state index is 14.3. The molecule has 4 heterocycles. The summed E-state index contributed by atoms with van der Waals surface area (Å²) in [6.45, 7) is -0.268. The highest BCUT2D eigenvalue weighted by Gasteiger charge is 2.61. The van der Waals surface area contributed by atoms with Gasteiger partial charge in [-0.15, -0.1) is 10.2 Å². The van der Waals surface area contributed by atoms with Crippen molar-refractivity contribution in [2.45, 2.75) is 18.7 Å². The van der Waals surface area contributed by atoms with Crippen LogP contribution in [-0.4, -0.2) is 40.8 Å². The van der Waals surface area contributed by atoms with Gasteiger partial charge in [0.05, 0.1) is 12.3 Å². The van der Waals surface area contributed by atoms with Crippen LogP contribution < -0.4 is 0 Å². The third-order valence-corrected chi connectivity index (χ3v) is 4.91. The molecule has 168 valence electrons. The average molecular weight is 462 g/mol. The quantitative estimate of drug-likeness (QED) is 0.401. The lowest BCUT2D eigenvalue weighted by Gasteiger charge is -2.19. The van der Waals surface area contributed by atoms with Crippen LogP contribution in [0.3, 0.4) is 0 Å². The second-order valence-corrected chi connectivity index (χ2v) is 6.99. The summed E-state index contributed by atoms with van der Waals surface area (Å²) >= 11 is 0. The molecule has 0 radical (unpaired) electrons. The fraction of sp³-hybridized carbons (Fsp3) is 0.150. The lowest BCUT2D eigenvalue weighted by Crippen LogP contribution is -2.35. The predicted molar refractivity (Wildman–Crippen MR) is 103 cm³/mol. The maximum atomic E-state index is 14.3. The third kappa shape index (κ3) is 3.36. The van der Waals surface area contributed by atoms with E-state index in [9.17, 15) is 27.1 Å². The summed E-state index contributed by atoms with van der Waals surface area (Å²) in [6.07, 6.45) is -3.50.